The molecule has 4 aliphatic rings. The van der Waals surface area contributed by atoms with Gasteiger partial charge in [-0.15, -0.1) is 0 Å². The highest BCUT2D eigenvalue weighted by Crippen LogP contribution is 2.47. The number of ether oxygens (including phenoxy) is 6. The number of esters is 2. The summed E-state index contributed by atoms with van der Waals surface area (Å²) in [7, 11) is 0. The summed E-state index contributed by atoms with van der Waals surface area (Å²) >= 11 is 9.73. The second-order valence-electron chi connectivity index (χ2n) is 19.8. The van der Waals surface area contributed by atoms with Gasteiger partial charge in [0.1, 0.15) is 44.9 Å². The molecule has 28 nitrogen and oxygen atoms in total. The molecule has 4 aliphatic heterocycles. The SMILES string of the molecule is CC1(O)[C@@H](O)[C@@H](CO)O[C@H]1n1ccc(=O)[nH]c1=O.CC1(O)[C@@H](O)[C@@H](CO)O[C@H]1n1ccc(=S)[nH]c1=O.CC[C@H]1O[C@@H](n2ccc(=O)[nH]c2=O)C(C)(OC(C)=O)[C@H]1C.CC[C@H]1O[C@@H](n2ccc(=S)[nH]c2=O)C(C)(OC(C)=O)[C@H]1C. The van der Waals surface area contributed by atoms with Crippen LogP contribution in [0.2, 0.25) is 0 Å². The molecule has 10 N–H and O–H groups in total. The third-order valence-electron chi connectivity index (χ3n) is 14.3. The van der Waals surface area contributed by atoms with Gasteiger partial charge in [0.05, 0.1) is 25.4 Å². The minimum absolute atomic E-state index is 0.0357. The van der Waals surface area contributed by atoms with E-state index in [1.165, 1.54) is 61.4 Å². The van der Waals surface area contributed by atoms with Crippen molar-refractivity contribution in [1.82, 2.24) is 38.2 Å². The number of carbonyl (C=O) groups is 2. The van der Waals surface area contributed by atoms with Crippen molar-refractivity contribution in [3.8, 4) is 0 Å². The largest absolute Gasteiger partial charge is 0.454 e. The first-order valence-electron chi connectivity index (χ1n) is 24.6. The molecule has 8 heterocycles. The number of hydrogen-bond acceptors (Lipinski definition) is 22. The van der Waals surface area contributed by atoms with E-state index in [1.807, 2.05) is 32.7 Å². The van der Waals surface area contributed by atoms with E-state index in [1.54, 1.807) is 26.1 Å². The van der Waals surface area contributed by atoms with E-state index in [-0.39, 0.29) is 34.4 Å². The minimum atomic E-state index is -1.75. The Hall–Kier alpha value is -5.90. The number of hydrogen-bond donors (Lipinski definition) is 10. The second kappa shape index (κ2) is 25.0. The van der Waals surface area contributed by atoms with E-state index >= 15 is 0 Å². The van der Waals surface area contributed by atoms with Crippen LogP contribution in [0.25, 0.3) is 0 Å². The van der Waals surface area contributed by atoms with Gasteiger partial charge in [0.25, 0.3) is 11.1 Å². The Morgan fingerprint density at radius 1 is 0.538 bits per heavy atom. The number of aromatic amines is 4. The summed E-state index contributed by atoms with van der Waals surface area (Å²) in [6.07, 6.45) is -1.58. The number of carbonyl (C=O) groups excluding carboxylic acids is 2. The summed E-state index contributed by atoms with van der Waals surface area (Å²) in [5, 5.41) is 57.9. The fraction of sp³-hybridized carbons (Fsp3) is 0.625. The highest BCUT2D eigenvalue weighted by Gasteiger charge is 2.57. The standard InChI is InChI=1S/C14H20N2O5.C14H20N2O4S.C10H14N2O6.C10H14N2O5S/c1-5-10-8(2)14(4,21-9(3)17)12(20-10)16-7-6-11(18)15-13(16)19;1-5-10-8(2)14(4,20-9(3)17)12(19-10)16-7-6-11(21)15-13(16)18;1-10(17)7(15)5(4-13)18-8(10)12-3-2-6(14)11-9(12)16;1-10(16)7(14)5(4-13)17-8(10)12-3-2-6(18)11-9(12)15/h6-8,10,12H,5H2,1-4H3,(H,15,18,19);6-8,10,12H,5H2,1-4H3,(H,15,18,21);2-3,5,7-8,13,15,17H,4H2,1H3,(H,11,14,16);2-3,5,7-8,13-14,16H,4H2,1H3,(H,11,15,18)/t2*8-,10+,12+,14?;2*5-,7+,8-,10?/m0011/s1. The number of nitrogens with one attached hydrogen (secondary N) is 4. The zero-order valence-corrected chi connectivity index (χ0v) is 46.0. The lowest BCUT2D eigenvalue weighted by molar-refractivity contribution is -0.172. The normalized spacial score (nSPS) is 33.8. The number of H-pyrrole nitrogens is 4. The van der Waals surface area contributed by atoms with Crippen LogP contribution in [0.4, 0.5) is 0 Å². The lowest BCUT2D eigenvalue weighted by Gasteiger charge is -2.33. The van der Waals surface area contributed by atoms with Gasteiger partial charge in [-0.25, -0.2) is 19.2 Å². The highest BCUT2D eigenvalue weighted by atomic mass is 32.1. The molecule has 4 saturated heterocycles. The summed E-state index contributed by atoms with van der Waals surface area (Å²) in [5.41, 5.74) is -8.68. The molecule has 0 amide bonds. The van der Waals surface area contributed by atoms with Gasteiger partial charge >= 0.3 is 34.7 Å². The van der Waals surface area contributed by atoms with E-state index in [9.17, 15) is 58.8 Å². The summed E-state index contributed by atoms with van der Waals surface area (Å²) in [5.74, 6) is -0.958. The van der Waals surface area contributed by atoms with Crippen molar-refractivity contribution in [2.45, 2.75) is 166 Å². The fourth-order valence-electron chi connectivity index (χ4n) is 9.74. The first-order chi connectivity index (χ1) is 36.3. The number of nitrogens with zero attached hydrogens (tertiary/aromatic N) is 4. The Kier molecular flexibility index (Phi) is 20.2. The van der Waals surface area contributed by atoms with Gasteiger partial charge in [0.2, 0.25) is 0 Å². The molecule has 4 aromatic rings. The molecular formula is C48H68N8O20S2. The highest BCUT2D eigenvalue weighted by molar-refractivity contribution is 7.71. The molecule has 4 unspecified atom stereocenters. The molecule has 0 saturated carbocycles. The Labute approximate surface area is 453 Å². The van der Waals surface area contributed by atoms with Crippen molar-refractivity contribution in [1.29, 1.82) is 0 Å². The van der Waals surface area contributed by atoms with Crippen LogP contribution in [0.5, 0.6) is 0 Å². The Morgan fingerprint density at radius 3 is 1.08 bits per heavy atom. The van der Waals surface area contributed by atoms with Crippen LogP contribution in [0.1, 0.15) is 107 Å². The van der Waals surface area contributed by atoms with Crippen molar-refractivity contribution < 1.29 is 68.6 Å². The molecule has 16 atom stereocenters. The fourth-order valence-corrected chi connectivity index (χ4v) is 10.0. The monoisotopic (exact) mass is 1140 g/mol. The van der Waals surface area contributed by atoms with Crippen molar-refractivity contribution in [3.05, 3.63) is 121 Å². The number of rotatable bonds is 10. The molecule has 0 spiro atoms. The molecule has 0 bridgehead atoms. The first kappa shape index (κ1) is 62.9. The zero-order valence-electron chi connectivity index (χ0n) is 44.4. The predicted molar refractivity (Wildman–Crippen MR) is 277 cm³/mol. The van der Waals surface area contributed by atoms with Crippen LogP contribution in [-0.2, 0) is 38.0 Å². The minimum Gasteiger partial charge on any atom is -0.454 e. The van der Waals surface area contributed by atoms with E-state index in [0.29, 0.717) is 4.64 Å². The molecule has 8 rings (SSSR count). The number of aliphatic hydroxyl groups is 6. The van der Waals surface area contributed by atoms with E-state index in [0.717, 1.165) is 34.2 Å². The summed E-state index contributed by atoms with van der Waals surface area (Å²) < 4.78 is 38.8. The molecule has 0 radical (unpaired) electrons. The van der Waals surface area contributed by atoms with Gasteiger partial charge in [-0.1, -0.05) is 52.1 Å². The summed E-state index contributed by atoms with van der Waals surface area (Å²) in [6.45, 7) is 15.8. The molecule has 0 aliphatic carbocycles. The Balaban J connectivity index is 0.000000192. The zero-order chi connectivity index (χ0) is 58.6. The van der Waals surface area contributed by atoms with Gasteiger partial charge < -0.3 is 59.1 Å². The third kappa shape index (κ3) is 13.1. The van der Waals surface area contributed by atoms with Gasteiger partial charge in [-0.3, -0.25) is 57.4 Å². The van der Waals surface area contributed by atoms with Gasteiger partial charge in [-0.05, 0) is 52.7 Å². The quantitative estimate of drug-likeness (QED) is 0.0701. The smallest absolute Gasteiger partial charge is 0.330 e. The molecule has 0 aromatic carbocycles. The molecule has 4 fully saturated rings. The first-order valence-corrected chi connectivity index (χ1v) is 25.4. The number of aliphatic hydroxyl groups excluding tert-OH is 4. The van der Waals surface area contributed by atoms with Crippen LogP contribution in [0.3, 0.4) is 0 Å². The van der Waals surface area contributed by atoms with Gasteiger partial charge in [0.15, 0.2) is 36.1 Å². The van der Waals surface area contributed by atoms with Crippen molar-refractivity contribution >= 4 is 36.4 Å². The molecular weight excluding hydrogens is 1070 g/mol. The van der Waals surface area contributed by atoms with Crippen LogP contribution < -0.4 is 33.9 Å². The van der Waals surface area contributed by atoms with Crippen molar-refractivity contribution in [2.24, 2.45) is 11.8 Å². The third-order valence-corrected chi connectivity index (χ3v) is 14.8. The van der Waals surface area contributed by atoms with E-state index in [2.05, 4.69) is 15.0 Å². The molecule has 4 aromatic heterocycles. The average molecular weight is 1140 g/mol. The van der Waals surface area contributed by atoms with Gasteiger partial charge in [0, 0.05) is 62.6 Å². The maximum Gasteiger partial charge on any atom is 0.330 e. The predicted octanol–water partition coefficient (Wildman–Crippen LogP) is -0.581. The lowest BCUT2D eigenvalue weighted by Crippen LogP contribution is -2.46. The average Bonchev–Trinajstić information content (AvgIpc) is 3.94. The van der Waals surface area contributed by atoms with Crippen LogP contribution in [-0.4, -0.2) is 153 Å². The number of aromatic nitrogens is 8. The molecule has 432 valence electrons. The topological polar surface area (TPSA) is 396 Å². The lowest BCUT2D eigenvalue weighted by atomic mass is 9.86. The summed E-state index contributed by atoms with van der Waals surface area (Å²) in [4.78, 5) is 102. The van der Waals surface area contributed by atoms with Gasteiger partial charge in [-0.2, -0.15) is 0 Å². The van der Waals surface area contributed by atoms with Crippen LogP contribution in [0, 0.1) is 21.1 Å². The Morgan fingerprint density at radius 2 is 0.821 bits per heavy atom. The van der Waals surface area contributed by atoms with Crippen LogP contribution >= 0.6 is 24.4 Å². The van der Waals surface area contributed by atoms with Crippen molar-refractivity contribution in [3.63, 3.8) is 0 Å². The molecule has 30 heteroatoms. The Bertz CT molecular complexity index is 3040. The van der Waals surface area contributed by atoms with Crippen molar-refractivity contribution in [2.75, 3.05) is 13.2 Å². The maximum atomic E-state index is 12.1. The van der Waals surface area contributed by atoms with E-state index in [4.69, 9.17) is 63.1 Å². The molecule has 78 heavy (non-hydrogen) atoms. The van der Waals surface area contributed by atoms with Crippen LogP contribution in [0.15, 0.2) is 77.8 Å². The maximum absolute atomic E-state index is 12.1. The van der Waals surface area contributed by atoms with E-state index < -0.39 is 125 Å². The second-order valence-corrected chi connectivity index (χ2v) is 20.7. The summed E-state index contributed by atoms with van der Waals surface area (Å²) in [6, 6.07) is 5.41.